The summed E-state index contributed by atoms with van der Waals surface area (Å²) >= 11 is 0. The fourth-order valence-corrected chi connectivity index (χ4v) is 2.46. The minimum atomic E-state index is -0.492. The van der Waals surface area contributed by atoms with Crippen LogP contribution in [0.15, 0.2) is 18.2 Å². The van der Waals surface area contributed by atoms with Crippen molar-refractivity contribution in [2.45, 2.75) is 25.4 Å². The number of amides is 2. The maximum absolute atomic E-state index is 11.9. The summed E-state index contributed by atoms with van der Waals surface area (Å²) in [4.78, 5) is 24.7. The second-order valence-electron chi connectivity index (χ2n) is 5.04. The van der Waals surface area contributed by atoms with Gasteiger partial charge in [0.15, 0.2) is 0 Å². The molecule has 0 saturated carbocycles. The number of rotatable bonds is 5. The number of likely N-dealkylation sites (tertiary alicyclic amines) is 1. The monoisotopic (exact) mass is 292 g/mol. The Morgan fingerprint density at radius 2 is 2.00 bits per heavy atom. The predicted molar refractivity (Wildman–Crippen MR) is 77.3 cm³/mol. The van der Waals surface area contributed by atoms with E-state index < -0.39 is 6.04 Å². The van der Waals surface area contributed by atoms with Crippen LogP contribution < -0.4 is 14.8 Å². The van der Waals surface area contributed by atoms with Gasteiger partial charge >= 0.3 is 0 Å². The topological polar surface area (TPSA) is 67.9 Å². The van der Waals surface area contributed by atoms with Crippen molar-refractivity contribution >= 4 is 11.8 Å². The number of nitrogens with zero attached hydrogens (tertiary/aromatic N) is 1. The second-order valence-corrected chi connectivity index (χ2v) is 5.04. The largest absolute Gasteiger partial charge is 0.497 e. The highest BCUT2D eigenvalue weighted by Crippen LogP contribution is 2.30. The number of benzene rings is 1. The quantitative estimate of drug-likeness (QED) is 0.824. The van der Waals surface area contributed by atoms with Crippen LogP contribution in [0.4, 0.5) is 0 Å². The Balaban J connectivity index is 2.18. The van der Waals surface area contributed by atoms with Crippen LogP contribution in [0.2, 0.25) is 0 Å². The molecule has 1 aromatic carbocycles. The standard InChI is InChI=1S/C15H20N2O4/c1-9(16-12-8-14(18)17(2)15(12)19)11-7-10(20-3)5-6-13(11)21-4/h5-7,9,12,16H,8H2,1-4H3. The molecule has 114 valence electrons. The zero-order chi connectivity index (χ0) is 15.6. The molecule has 2 amide bonds. The molecule has 0 aliphatic carbocycles. The van der Waals surface area contributed by atoms with E-state index in [1.54, 1.807) is 14.2 Å². The van der Waals surface area contributed by atoms with E-state index in [1.165, 1.54) is 7.05 Å². The van der Waals surface area contributed by atoms with Crippen molar-refractivity contribution < 1.29 is 19.1 Å². The molecule has 1 N–H and O–H groups in total. The van der Waals surface area contributed by atoms with Crippen LogP contribution in [-0.2, 0) is 9.59 Å². The van der Waals surface area contributed by atoms with Crippen molar-refractivity contribution in [2.24, 2.45) is 0 Å². The second kappa shape index (κ2) is 6.13. The summed E-state index contributed by atoms with van der Waals surface area (Å²) in [6.45, 7) is 1.92. The maximum atomic E-state index is 11.9. The van der Waals surface area contributed by atoms with Crippen molar-refractivity contribution in [2.75, 3.05) is 21.3 Å². The Morgan fingerprint density at radius 1 is 1.29 bits per heavy atom. The lowest BCUT2D eigenvalue weighted by Crippen LogP contribution is -2.38. The van der Waals surface area contributed by atoms with Gasteiger partial charge in [-0.05, 0) is 25.1 Å². The Morgan fingerprint density at radius 3 is 2.52 bits per heavy atom. The average molecular weight is 292 g/mol. The van der Waals surface area contributed by atoms with Gasteiger partial charge in [-0.2, -0.15) is 0 Å². The van der Waals surface area contributed by atoms with Crippen LogP contribution >= 0.6 is 0 Å². The van der Waals surface area contributed by atoms with Crippen molar-refractivity contribution in [1.82, 2.24) is 10.2 Å². The molecule has 0 spiro atoms. The number of hydrogen-bond donors (Lipinski definition) is 1. The summed E-state index contributed by atoms with van der Waals surface area (Å²) in [5.74, 6) is 1.06. The van der Waals surface area contributed by atoms with E-state index in [9.17, 15) is 9.59 Å². The lowest BCUT2D eigenvalue weighted by Gasteiger charge is -2.21. The average Bonchev–Trinajstić information content (AvgIpc) is 2.73. The maximum Gasteiger partial charge on any atom is 0.246 e. The van der Waals surface area contributed by atoms with Crippen LogP contribution in [0.25, 0.3) is 0 Å². The van der Waals surface area contributed by atoms with Crippen molar-refractivity contribution in [1.29, 1.82) is 0 Å². The SMILES string of the molecule is COc1ccc(OC)c(C(C)NC2CC(=O)N(C)C2=O)c1. The number of methoxy groups -OCH3 is 2. The summed E-state index contributed by atoms with van der Waals surface area (Å²) in [5.41, 5.74) is 0.881. The minimum Gasteiger partial charge on any atom is -0.497 e. The predicted octanol–water partition coefficient (Wildman–Crippen LogP) is 1.11. The summed E-state index contributed by atoms with van der Waals surface area (Å²) in [7, 11) is 4.69. The molecule has 1 heterocycles. The highest BCUT2D eigenvalue weighted by Gasteiger charge is 2.36. The minimum absolute atomic E-state index is 0.150. The van der Waals surface area contributed by atoms with Crippen molar-refractivity contribution in [3.63, 3.8) is 0 Å². The fraction of sp³-hybridized carbons (Fsp3) is 0.467. The van der Waals surface area contributed by atoms with E-state index in [0.29, 0.717) is 11.5 Å². The first-order valence-corrected chi connectivity index (χ1v) is 6.76. The van der Waals surface area contributed by atoms with Gasteiger partial charge in [0.05, 0.1) is 26.7 Å². The zero-order valence-electron chi connectivity index (χ0n) is 12.7. The molecule has 1 fully saturated rings. The van der Waals surface area contributed by atoms with E-state index in [4.69, 9.17) is 9.47 Å². The fourth-order valence-electron chi connectivity index (χ4n) is 2.46. The van der Waals surface area contributed by atoms with Gasteiger partial charge in [0, 0.05) is 18.7 Å². The van der Waals surface area contributed by atoms with Gasteiger partial charge < -0.3 is 9.47 Å². The number of carbonyl (C=O) groups excluding carboxylic acids is 2. The number of ether oxygens (including phenoxy) is 2. The number of imide groups is 1. The first kappa shape index (κ1) is 15.3. The highest BCUT2D eigenvalue weighted by molar-refractivity contribution is 6.05. The van der Waals surface area contributed by atoms with Crippen molar-refractivity contribution in [3.8, 4) is 11.5 Å². The molecule has 1 aliphatic rings. The van der Waals surface area contributed by atoms with Crippen LogP contribution in [0.1, 0.15) is 24.9 Å². The van der Waals surface area contributed by atoms with Crippen LogP contribution in [0.3, 0.4) is 0 Å². The summed E-state index contributed by atoms with van der Waals surface area (Å²) in [6, 6.07) is 4.85. The van der Waals surface area contributed by atoms with Gasteiger partial charge in [-0.25, -0.2) is 0 Å². The van der Waals surface area contributed by atoms with Gasteiger partial charge in [-0.3, -0.25) is 19.8 Å². The summed E-state index contributed by atoms with van der Waals surface area (Å²) in [6.07, 6.45) is 0.186. The molecular formula is C15H20N2O4. The summed E-state index contributed by atoms with van der Waals surface area (Å²) in [5, 5.41) is 3.18. The first-order valence-electron chi connectivity index (χ1n) is 6.76. The van der Waals surface area contributed by atoms with Gasteiger partial charge in [0.1, 0.15) is 11.5 Å². The zero-order valence-corrected chi connectivity index (χ0v) is 12.7. The third-order valence-electron chi connectivity index (χ3n) is 3.74. The molecule has 0 bridgehead atoms. The Bertz CT molecular complexity index is 559. The molecule has 1 saturated heterocycles. The first-order chi connectivity index (χ1) is 9.97. The van der Waals surface area contributed by atoms with Gasteiger partial charge in [-0.15, -0.1) is 0 Å². The number of hydrogen-bond acceptors (Lipinski definition) is 5. The molecule has 2 rings (SSSR count). The lowest BCUT2D eigenvalue weighted by molar-refractivity contribution is -0.137. The van der Waals surface area contributed by atoms with E-state index in [2.05, 4.69) is 5.32 Å². The third kappa shape index (κ3) is 3.00. The Labute approximate surface area is 124 Å². The smallest absolute Gasteiger partial charge is 0.246 e. The molecule has 21 heavy (non-hydrogen) atoms. The van der Waals surface area contributed by atoms with Crippen LogP contribution in [0, 0.1) is 0 Å². The summed E-state index contributed by atoms with van der Waals surface area (Å²) < 4.78 is 10.6. The lowest BCUT2D eigenvalue weighted by atomic mass is 10.1. The van der Waals surface area contributed by atoms with E-state index in [0.717, 1.165) is 10.5 Å². The molecular weight excluding hydrogens is 272 g/mol. The molecule has 0 radical (unpaired) electrons. The molecule has 2 atom stereocenters. The third-order valence-corrected chi connectivity index (χ3v) is 3.74. The highest BCUT2D eigenvalue weighted by atomic mass is 16.5. The van der Waals surface area contributed by atoms with E-state index >= 15 is 0 Å². The Hall–Kier alpha value is -2.08. The van der Waals surface area contributed by atoms with Crippen molar-refractivity contribution in [3.05, 3.63) is 23.8 Å². The van der Waals surface area contributed by atoms with Gasteiger partial charge in [0.2, 0.25) is 11.8 Å². The number of nitrogens with one attached hydrogen (secondary N) is 1. The van der Waals surface area contributed by atoms with Crippen LogP contribution in [-0.4, -0.2) is 44.0 Å². The molecule has 6 nitrogen and oxygen atoms in total. The van der Waals surface area contributed by atoms with Gasteiger partial charge in [-0.1, -0.05) is 0 Å². The number of carbonyl (C=O) groups is 2. The van der Waals surface area contributed by atoms with E-state index in [-0.39, 0.29) is 24.3 Å². The molecule has 2 unspecified atom stereocenters. The molecule has 0 aromatic heterocycles. The van der Waals surface area contributed by atoms with Gasteiger partial charge in [0.25, 0.3) is 0 Å². The molecule has 1 aliphatic heterocycles. The van der Waals surface area contributed by atoms with E-state index in [1.807, 2.05) is 25.1 Å². The normalized spacial score (nSPS) is 19.8. The van der Waals surface area contributed by atoms with Crippen LogP contribution in [0.5, 0.6) is 11.5 Å². The molecule has 1 aromatic rings. The molecule has 6 heteroatoms. The Kier molecular flexibility index (Phi) is 4.47. The number of likely N-dealkylation sites (N-methyl/N-ethyl adjacent to an activating group) is 1.